The van der Waals surface area contributed by atoms with Crippen LogP contribution in [0, 0.1) is 5.41 Å². The summed E-state index contributed by atoms with van der Waals surface area (Å²) in [6, 6.07) is 9.62. The van der Waals surface area contributed by atoms with Crippen molar-refractivity contribution in [1.82, 2.24) is 10.6 Å². The highest BCUT2D eigenvalue weighted by Crippen LogP contribution is 2.44. The zero-order chi connectivity index (χ0) is 15.4. The molecule has 0 spiro atoms. The van der Waals surface area contributed by atoms with Crippen molar-refractivity contribution in [2.45, 2.75) is 44.2 Å². The van der Waals surface area contributed by atoms with Crippen LogP contribution in [0.3, 0.4) is 0 Å². The lowest BCUT2D eigenvalue weighted by molar-refractivity contribution is 0.170. The maximum Gasteiger partial charge on any atom is 0.315 e. The predicted octanol–water partition coefficient (Wildman–Crippen LogP) is 2.06. The van der Waals surface area contributed by atoms with Gasteiger partial charge in [0.1, 0.15) is 11.9 Å². The number of urea groups is 1. The van der Waals surface area contributed by atoms with Crippen LogP contribution in [-0.4, -0.2) is 36.4 Å². The number of nitrogens with one attached hydrogen (secondary N) is 2. The van der Waals surface area contributed by atoms with Gasteiger partial charge < -0.3 is 20.5 Å². The van der Waals surface area contributed by atoms with Crippen molar-refractivity contribution >= 4 is 6.03 Å². The summed E-state index contributed by atoms with van der Waals surface area (Å²) >= 11 is 0. The third-order valence-corrected chi connectivity index (χ3v) is 4.72. The summed E-state index contributed by atoms with van der Waals surface area (Å²) < 4.78 is 5.99. The number of carbonyl (C=O) groups excluding carboxylic acids is 1. The highest BCUT2D eigenvalue weighted by atomic mass is 16.5. The summed E-state index contributed by atoms with van der Waals surface area (Å²) in [6.07, 6.45) is 4.97. The molecule has 0 saturated heterocycles. The van der Waals surface area contributed by atoms with Gasteiger partial charge in [0.2, 0.25) is 0 Å². The smallest absolute Gasteiger partial charge is 0.315 e. The van der Waals surface area contributed by atoms with E-state index in [0.29, 0.717) is 6.54 Å². The van der Waals surface area contributed by atoms with Crippen molar-refractivity contribution in [3.8, 4) is 5.75 Å². The van der Waals surface area contributed by atoms with Crippen LogP contribution in [-0.2, 0) is 0 Å². The van der Waals surface area contributed by atoms with E-state index in [1.54, 1.807) is 0 Å². The number of ether oxygens (including phenoxy) is 1. The Kier molecular flexibility index (Phi) is 4.52. The molecule has 2 fully saturated rings. The van der Waals surface area contributed by atoms with E-state index < -0.39 is 0 Å². The van der Waals surface area contributed by atoms with Gasteiger partial charge in [0, 0.05) is 12.0 Å². The fourth-order valence-electron chi connectivity index (χ4n) is 2.96. The fourth-order valence-corrected chi connectivity index (χ4v) is 2.96. The quantitative estimate of drug-likeness (QED) is 0.753. The molecule has 2 aliphatic carbocycles. The van der Waals surface area contributed by atoms with E-state index in [1.807, 2.05) is 30.3 Å². The van der Waals surface area contributed by atoms with Gasteiger partial charge in [-0.2, -0.15) is 0 Å². The number of para-hydroxylation sites is 1. The van der Waals surface area contributed by atoms with Crippen LogP contribution in [0.2, 0.25) is 0 Å². The standard InChI is InChI=1S/C17H24N2O3/c20-12-17(9-10-17)11-18-16(21)19-14-7-4-8-15(14)22-13-5-2-1-3-6-13/h1-3,5-6,14-15,20H,4,7-12H2,(H2,18,19,21)/t14-,15-/m1/s1. The number of aliphatic hydroxyl groups is 1. The Hall–Kier alpha value is -1.75. The molecule has 0 aliphatic heterocycles. The van der Waals surface area contributed by atoms with Crippen molar-refractivity contribution in [1.29, 1.82) is 0 Å². The van der Waals surface area contributed by atoms with Gasteiger partial charge in [-0.1, -0.05) is 18.2 Å². The maximum absolute atomic E-state index is 12.0. The lowest BCUT2D eigenvalue weighted by Crippen LogP contribution is -2.48. The maximum atomic E-state index is 12.0. The Bertz CT molecular complexity index is 502. The summed E-state index contributed by atoms with van der Waals surface area (Å²) in [7, 11) is 0. The molecule has 2 amide bonds. The third kappa shape index (κ3) is 3.71. The summed E-state index contributed by atoms with van der Waals surface area (Å²) in [5, 5.41) is 15.2. The second kappa shape index (κ2) is 6.57. The molecular weight excluding hydrogens is 280 g/mol. The molecule has 0 bridgehead atoms. The zero-order valence-corrected chi connectivity index (χ0v) is 12.8. The number of hydrogen-bond acceptors (Lipinski definition) is 3. The van der Waals surface area contributed by atoms with Crippen LogP contribution in [0.4, 0.5) is 4.79 Å². The van der Waals surface area contributed by atoms with Crippen molar-refractivity contribution < 1.29 is 14.6 Å². The van der Waals surface area contributed by atoms with Gasteiger partial charge in [-0.25, -0.2) is 4.79 Å². The topological polar surface area (TPSA) is 70.6 Å². The second-order valence-electron chi connectivity index (χ2n) is 6.49. The first-order valence-corrected chi connectivity index (χ1v) is 8.08. The lowest BCUT2D eigenvalue weighted by Gasteiger charge is -2.23. The van der Waals surface area contributed by atoms with Crippen molar-refractivity contribution in [3.05, 3.63) is 30.3 Å². The van der Waals surface area contributed by atoms with Crippen LogP contribution in [0.1, 0.15) is 32.1 Å². The average Bonchev–Trinajstić information content (AvgIpc) is 3.22. The molecule has 3 rings (SSSR count). The zero-order valence-electron chi connectivity index (χ0n) is 12.8. The van der Waals surface area contributed by atoms with E-state index in [-0.39, 0.29) is 30.2 Å². The van der Waals surface area contributed by atoms with Crippen LogP contribution in [0.5, 0.6) is 5.75 Å². The second-order valence-corrected chi connectivity index (χ2v) is 6.49. The van der Waals surface area contributed by atoms with Crippen molar-refractivity contribution in [2.24, 2.45) is 5.41 Å². The summed E-state index contributed by atoms with van der Waals surface area (Å²) in [5.41, 5.74) is -0.0625. The van der Waals surface area contributed by atoms with Crippen LogP contribution >= 0.6 is 0 Å². The predicted molar refractivity (Wildman–Crippen MR) is 83.8 cm³/mol. The molecule has 1 aromatic rings. The first kappa shape index (κ1) is 15.2. The van der Waals surface area contributed by atoms with Gasteiger partial charge in [-0.05, 0) is 44.2 Å². The van der Waals surface area contributed by atoms with Crippen LogP contribution in [0.25, 0.3) is 0 Å². The number of rotatable bonds is 6. The average molecular weight is 304 g/mol. The van der Waals surface area contributed by atoms with E-state index >= 15 is 0 Å². The van der Waals surface area contributed by atoms with Gasteiger partial charge in [0.15, 0.2) is 0 Å². The molecule has 2 aliphatic rings. The number of carbonyl (C=O) groups is 1. The Balaban J connectivity index is 1.47. The number of amides is 2. The van der Waals surface area contributed by atoms with Crippen molar-refractivity contribution in [3.63, 3.8) is 0 Å². The third-order valence-electron chi connectivity index (χ3n) is 4.72. The number of benzene rings is 1. The van der Waals surface area contributed by atoms with Gasteiger partial charge in [-0.3, -0.25) is 0 Å². The van der Waals surface area contributed by atoms with E-state index in [9.17, 15) is 9.90 Å². The Morgan fingerprint density at radius 1 is 1.27 bits per heavy atom. The van der Waals surface area contributed by atoms with Crippen molar-refractivity contribution in [2.75, 3.05) is 13.2 Å². The van der Waals surface area contributed by atoms with E-state index in [0.717, 1.165) is 37.9 Å². The summed E-state index contributed by atoms with van der Waals surface area (Å²) in [4.78, 5) is 12.0. The Morgan fingerprint density at radius 2 is 2.05 bits per heavy atom. The SMILES string of the molecule is O=C(NCC1(CO)CC1)N[C@@H]1CCC[C@H]1Oc1ccccc1. The first-order chi connectivity index (χ1) is 10.7. The van der Waals surface area contributed by atoms with Gasteiger partial charge in [-0.15, -0.1) is 0 Å². The molecule has 2 atom stereocenters. The minimum atomic E-state index is -0.159. The fraction of sp³-hybridized carbons (Fsp3) is 0.588. The van der Waals surface area contributed by atoms with Gasteiger partial charge in [0.05, 0.1) is 12.6 Å². The van der Waals surface area contributed by atoms with Gasteiger partial charge >= 0.3 is 6.03 Å². The van der Waals surface area contributed by atoms with Gasteiger partial charge in [0.25, 0.3) is 0 Å². The van der Waals surface area contributed by atoms with E-state index in [4.69, 9.17) is 4.74 Å². The first-order valence-electron chi connectivity index (χ1n) is 8.08. The molecule has 0 heterocycles. The normalized spacial score (nSPS) is 25.5. The molecular formula is C17H24N2O3. The molecule has 0 aromatic heterocycles. The molecule has 3 N–H and O–H groups in total. The molecule has 0 radical (unpaired) electrons. The lowest BCUT2D eigenvalue weighted by atomic mass is 10.1. The highest BCUT2D eigenvalue weighted by Gasteiger charge is 2.42. The summed E-state index contributed by atoms with van der Waals surface area (Å²) in [5.74, 6) is 0.846. The molecule has 120 valence electrons. The molecule has 0 unspecified atom stereocenters. The number of hydrogen-bond donors (Lipinski definition) is 3. The molecule has 5 heteroatoms. The molecule has 1 aromatic carbocycles. The Morgan fingerprint density at radius 3 is 2.73 bits per heavy atom. The highest BCUT2D eigenvalue weighted by molar-refractivity contribution is 5.74. The molecule has 5 nitrogen and oxygen atoms in total. The van der Waals surface area contributed by atoms with Crippen LogP contribution < -0.4 is 15.4 Å². The molecule has 22 heavy (non-hydrogen) atoms. The Labute approximate surface area is 131 Å². The van der Waals surface area contributed by atoms with Crippen LogP contribution in [0.15, 0.2) is 30.3 Å². The largest absolute Gasteiger partial charge is 0.488 e. The van der Waals surface area contributed by atoms with E-state index in [2.05, 4.69) is 10.6 Å². The monoisotopic (exact) mass is 304 g/mol. The minimum absolute atomic E-state index is 0.0286. The number of aliphatic hydroxyl groups excluding tert-OH is 1. The minimum Gasteiger partial charge on any atom is -0.488 e. The molecule has 2 saturated carbocycles. The van der Waals surface area contributed by atoms with E-state index in [1.165, 1.54) is 0 Å². The summed E-state index contributed by atoms with van der Waals surface area (Å²) in [6.45, 7) is 0.697.